The second kappa shape index (κ2) is 6.94. The zero-order valence-electron chi connectivity index (χ0n) is 14.0. The summed E-state index contributed by atoms with van der Waals surface area (Å²) in [7, 11) is -3.07. The van der Waals surface area contributed by atoms with Crippen molar-refractivity contribution in [2.75, 3.05) is 32.4 Å². The van der Waals surface area contributed by atoms with Gasteiger partial charge in [0, 0.05) is 26.2 Å². The predicted molar refractivity (Wildman–Crippen MR) is 89.9 cm³/mol. The zero-order chi connectivity index (χ0) is 16.4. The first kappa shape index (κ1) is 17.0. The minimum atomic E-state index is -3.07. The van der Waals surface area contributed by atoms with Gasteiger partial charge in [-0.25, -0.2) is 12.7 Å². The number of fused-ring (bicyclic) bond motifs is 2. The Morgan fingerprint density at radius 3 is 2.74 bits per heavy atom. The van der Waals surface area contributed by atoms with Gasteiger partial charge in [0.25, 0.3) is 0 Å². The molecule has 132 valence electrons. The predicted octanol–water partition coefficient (Wildman–Crippen LogP) is 0.143. The number of hydrogen-bond acceptors (Lipinski definition) is 4. The van der Waals surface area contributed by atoms with Gasteiger partial charge in [-0.15, -0.1) is 0 Å². The smallest absolute Gasteiger partial charge is 0.211 e. The molecule has 0 aromatic carbocycles. The van der Waals surface area contributed by atoms with E-state index in [1.165, 1.54) is 12.7 Å². The number of sulfonamides is 1. The van der Waals surface area contributed by atoms with E-state index in [1.807, 2.05) is 0 Å². The van der Waals surface area contributed by atoms with E-state index in [2.05, 4.69) is 22.5 Å². The molecule has 3 rings (SSSR count). The third-order valence-electron chi connectivity index (χ3n) is 5.00. The molecule has 3 aliphatic rings. The van der Waals surface area contributed by atoms with E-state index in [1.54, 1.807) is 4.31 Å². The van der Waals surface area contributed by atoms with E-state index in [-0.39, 0.29) is 0 Å². The number of hydrogen-bond donors (Lipinski definition) is 2. The summed E-state index contributed by atoms with van der Waals surface area (Å²) in [5.41, 5.74) is 0. The van der Waals surface area contributed by atoms with Gasteiger partial charge in [0.1, 0.15) is 0 Å². The third kappa shape index (κ3) is 4.16. The SMILES string of the molecule is CCNC(=NCC1CCN(S(C)(=O)=O)C1)NC1CC2CCC1O2. The quantitative estimate of drug-likeness (QED) is 0.548. The maximum Gasteiger partial charge on any atom is 0.211 e. The average molecular weight is 344 g/mol. The van der Waals surface area contributed by atoms with Gasteiger partial charge in [-0.2, -0.15) is 0 Å². The van der Waals surface area contributed by atoms with Gasteiger partial charge in [-0.3, -0.25) is 4.99 Å². The second-order valence-corrected chi connectivity index (χ2v) is 8.84. The first-order valence-electron chi connectivity index (χ1n) is 8.61. The van der Waals surface area contributed by atoms with Crippen LogP contribution >= 0.6 is 0 Å². The molecular weight excluding hydrogens is 316 g/mol. The summed E-state index contributed by atoms with van der Waals surface area (Å²) in [6.07, 6.45) is 6.26. The van der Waals surface area contributed by atoms with E-state index in [4.69, 9.17) is 4.74 Å². The number of nitrogens with one attached hydrogen (secondary N) is 2. The Bertz CT molecular complexity index is 551. The van der Waals surface area contributed by atoms with E-state index in [9.17, 15) is 8.42 Å². The lowest BCUT2D eigenvalue weighted by Crippen LogP contribution is -2.47. The monoisotopic (exact) mass is 344 g/mol. The summed E-state index contributed by atoms with van der Waals surface area (Å²) in [5.74, 6) is 1.13. The highest BCUT2D eigenvalue weighted by Gasteiger charge is 2.41. The standard InChI is InChI=1S/C15H28N4O3S/c1-3-16-15(18-13-8-12-4-5-14(13)22-12)17-9-11-6-7-19(10-11)23(2,20)21/h11-14H,3-10H2,1-2H3,(H2,16,17,18). The molecular formula is C15H28N4O3S. The molecule has 0 radical (unpaired) electrons. The highest BCUT2D eigenvalue weighted by molar-refractivity contribution is 7.88. The van der Waals surface area contributed by atoms with Gasteiger partial charge >= 0.3 is 0 Å². The molecule has 0 aromatic rings. The normalized spacial score (nSPS) is 35.0. The van der Waals surface area contributed by atoms with Crippen LogP contribution in [0.15, 0.2) is 4.99 Å². The molecule has 0 saturated carbocycles. The Hall–Kier alpha value is -0.860. The molecule has 3 heterocycles. The lowest BCUT2D eigenvalue weighted by molar-refractivity contribution is 0.0992. The number of guanidine groups is 1. The lowest BCUT2D eigenvalue weighted by atomic mass is 9.96. The van der Waals surface area contributed by atoms with Crippen LogP contribution in [0.2, 0.25) is 0 Å². The zero-order valence-corrected chi connectivity index (χ0v) is 14.8. The van der Waals surface area contributed by atoms with Crippen LogP contribution in [-0.4, -0.2) is 69.4 Å². The molecule has 2 N–H and O–H groups in total. The van der Waals surface area contributed by atoms with Crippen LogP contribution in [0, 0.1) is 5.92 Å². The summed E-state index contributed by atoms with van der Waals surface area (Å²) in [6, 6.07) is 0.350. The van der Waals surface area contributed by atoms with Crippen LogP contribution in [0.5, 0.6) is 0 Å². The van der Waals surface area contributed by atoms with Gasteiger partial charge in [0.15, 0.2) is 5.96 Å². The van der Waals surface area contributed by atoms with Crippen molar-refractivity contribution in [1.82, 2.24) is 14.9 Å². The van der Waals surface area contributed by atoms with Crippen LogP contribution in [0.4, 0.5) is 0 Å². The molecule has 2 bridgehead atoms. The van der Waals surface area contributed by atoms with E-state index in [0.717, 1.165) is 31.8 Å². The maximum absolute atomic E-state index is 11.6. The highest BCUT2D eigenvalue weighted by Crippen LogP contribution is 2.34. The Balaban J connectivity index is 1.53. The average Bonchev–Trinajstić information content (AvgIpc) is 3.20. The van der Waals surface area contributed by atoms with Gasteiger partial charge in [0.2, 0.25) is 10.0 Å². The fraction of sp³-hybridized carbons (Fsp3) is 0.933. The molecule has 7 nitrogen and oxygen atoms in total. The molecule has 4 unspecified atom stereocenters. The Morgan fingerprint density at radius 2 is 2.17 bits per heavy atom. The number of rotatable bonds is 5. The number of nitrogens with zero attached hydrogens (tertiary/aromatic N) is 2. The number of aliphatic imine (C=N–C) groups is 1. The maximum atomic E-state index is 11.6. The summed E-state index contributed by atoms with van der Waals surface area (Å²) in [6.45, 7) is 4.72. The Labute approximate surface area is 138 Å². The van der Waals surface area contributed by atoms with E-state index in [0.29, 0.717) is 43.8 Å². The summed E-state index contributed by atoms with van der Waals surface area (Å²) >= 11 is 0. The highest BCUT2D eigenvalue weighted by atomic mass is 32.2. The molecule has 23 heavy (non-hydrogen) atoms. The molecule has 3 aliphatic heterocycles. The minimum absolute atomic E-state index is 0.302. The first-order valence-corrected chi connectivity index (χ1v) is 10.5. The molecule has 8 heteroatoms. The van der Waals surface area contributed by atoms with Crippen LogP contribution in [-0.2, 0) is 14.8 Å². The topological polar surface area (TPSA) is 83.0 Å². The van der Waals surface area contributed by atoms with Crippen molar-refractivity contribution in [3.8, 4) is 0 Å². The molecule has 0 amide bonds. The van der Waals surface area contributed by atoms with Gasteiger partial charge in [0.05, 0.1) is 24.5 Å². The van der Waals surface area contributed by atoms with Crippen molar-refractivity contribution in [3.63, 3.8) is 0 Å². The molecule has 0 aromatic heterocycles. The molecule has 0 spiro atoms. The van der Waals surface area contributed by atoms with Crippen LogP contribution in [0.25, 0.3) is 0 Å². The summed E-state index contributed by atoms with van der Waals surface area (Å²) in [5, 5.41) is 6.78. The van der Waals surface area contributed by atoms with Gasteiger partial charge < -0.3 is 15.4 Å². The largest absolute Gasteiger partial charge is 0.373 e. The molecule has 4 atom stereocenters. The Kier molecular flexibility index (Phi) is 5.13. The van der Waals surface area contributed by atoms with Crippen molar-refractivity contribution in [1.29, 1.82) is 0 Å². The number of ether oxygens (including phenoxy) is 1. The van der Waals surface area contributed by atoms with Crippen LogP contribution in [0.1, 0.15) is 32.6 Å². The summed E-state index contributed by atoms with van der Waals surface area (Å²) < 4.78 is 30.6. The minimum Gasteiger partial charge on any atom is -0.373 e. The second-order valence-electron chi connectivity index (χ2n) is 6.86. The van der Waals surface area contributed by atoms with E-state index >= 15 is 0 Å². The van der Waals surface area contributed by atoms with Crippen molar-refractivity contribution in [2.45, 2.75) is 50.9 Å². The van der Waals surface area contributed by atoms with E-state index < -0.39 is 10.0 Å². The lowest BCUT2D eigenvalue weighted by Gasteiger charge is -2.23. The van der Waals surface area contributed by atoms with Crippen LogP contribution < -0.4 is 10.6 Å². The first-order chi connectivity index (χ1) is 11.0. The fourth-order valence-corrected chi connectivity index (χ4v) is 4.67. The van der Waals surface area contributed by atoms with Gasteiger partial charge in [-0.1, -0.05) is 0 Å². The molecule has 3 saturated heterocycles. The van der Waals surface area contributed by atoms with Crippen molar-refractivity contribution >= 4 is 16.0 Å². The van der Waals surface area contributed by atoms with Crippen molar-refractivity contribution in [2.24, 2.45) is 10.9 Å². The van der Waals surface area contributed by atoms with Crippen molar-refractivity contribution in [3.05, 3.63) is 0 Å². The fourth-order valence-electron chi connectivity index (χ4n) is 3.75. The van der Waals surface area contributed by atoms with Crippen LogP contribution in [0.3, 0.4) is 0 Å². The third-order valence-corrected chi connectivity index (χ3v) is 6.27. The van der Waals surface area contributed by atoms with Gasteiger partial charge in [-0.05, 0) is 38.5 Å². The molecule has 3 fully saturated rings. The van der Waals surface area contributed by atoms with Crippen molar-refractivity contribution < 1.29 is 13.2 Å². The summed E-state index contributed by atoms with van der Waals surface area (Å²) in [4.78, 5) is 4.68. The molecule has 0 aliphatic carbocycles. The Morgan fingerprint density at radius 1 is 1.35 bits per heavy atom.